The van der Waals surface area contributed by atoms with Crippen LogP contribution in [0.2, 0.25) is 0 Å². The van der Waals surface area contributed by atoms with Crippen molar-refractivity contribution >= 4 is 5.84 Å². The van der Waals surface area contributed by atoms with Crippen LogP contribution < -0.4 is 11.1 Å². The maximum atomic E-state index is 7.58. The van der Waals surface area contributed by atoms with Crippen LogP contribution in [0.15, 0.2) is 0 Å². The van der Waals surface area contributed by atoms with E-state index >= 15 is 0 Å². The SMILES string of the molecule is CCC(=N)N1CCNCC1N. The van der Waals surface area contributed by atoms with Crippen molar-refractivity contribution in [3.63, 3.8) is 0 Å². The minimum atomic E-state index is -0.00352. The molecule has 0 saturated carbocycles. The second-order valence-electron chi connectivity index (χ2n) is 2.77. The molecule has 1 aliphatic heterocycles. The highest BCUT2D eigenvalue weighted by atomic mass is 15.3. The highest BCUT2D eigenvalue weighted by Crippen LogP contribution is 2.00. The van der Waals surface area contributed by atoms with Gasteiger partial charge in [-0.2, -0.15) is 0 Å². The number of rotatable bonds is 1. The fourth-order valence-corrected chi connectivity index (χ4v) is 1.26. The standard InChI is InChI=1S/C7H16N4/c1-2-6(8)11-4-3-10-5-7(11)9/h7-8,10H,2-5,9H2,1H3. The molecule has 0 aromatic rings. The van der Waals surface area contributed by atoms with Gasteiger partial charge in [0, 0.05) is 26.1 Å². The monoisotopic (exact) mass is 156 g/mol. The summed E-state index contributed by atoms with van der Waals surface area (Å²) in [5.74, 6) is 0.652. The summed E-state index contributed by atoms with van der Waals surface area (Å²) in [6.45, 7) is 4.59. The minimum Gasteiger partial charge on any atom is -0.343 e. The van der Waals surface area contributed by atoms with Gasteiger partial charge < -0.3 is 16.0 Å². The van der Waals surface area contributed by atoms with Crippen LogP contribution in [0, 0.1) is 5.41 Å². The first-order valence-corrected chi connectivity index (χ1v) is 4.06. The van der Waals surface area contributed by atoms with Crippen LogP contribution in [0.4, 0.5) is 0 Å². The normalized spacial score (nSPS) is 25.3. The Morgan fingerprint density at radius 3 is 3.09 bits per heavy atom. The fraction of sp³-hybridized carbons (Fsp3) is 0.857. The van der Waals surface area contributed by atoms with E-state index in [-0.39, 0.29) is 6.17 Å². The topological polar surface area (TPSA) is 65.1 Å². The van der Waals surface area contributed by atoms with Gasteiger partial charge in [-0.15, -0.1) is 0 Å². The molecule has 1 atom stereocenters. The summed E-state index contributed by atoms with van der Waals surface area (Å²) in [6.07, 6.45) is 0.768. The molecule has 1 unspecified atom stereocenters. The molecule has 0 aromatic carbocycles. The quantitative estimate of drug-likeness (QED) is 0.356. The lowest BCUT2D eigenvalue weighted by molar-refractivity contribution is 0.258. The molecule has 0 radical (unpaired) electrons. The molecule has 1 fully saturated rings. The molecule has 64 valence electrons. The summed E-state index contributed by atoms with van der Waals surface area (Å²) in [7, 11) is 0. The highest BCUT2D eigenvalue weighted by Gasteiger charge is 2.18. The largest absolute Gasteiger partial charge is 0.343 e. The molecule has 11 heavy (non-hydrogen) atoms. The van der Waals surface area contributed by atoms with Crippen molar-refractivity contribution in [2.45, 2.75) is 19.5 Å². The summed E-state index contributed by atoms with van der Waals surface area (Å²) in [5, 5.41) is 10.8. The molecule has 1 saturated heterocycles. The Balaban J connectivity index is 2.47. The Bertz CT molecular complexity index is 145. The first-order valence-electron chi connectivity index (χ1n) is 4.06. The van der Waals surface area contributed by atoms with Crippen molar-refractivity contribution in [3.8, 4) is 0 Å². The van der Waals surface area contributed by atoms with Crippen LogP contribution in [0.3, 0.4) is 0 Å². The second kappa shape index (κ2) is 3.69. The van der Waals surface area contributed by atoms with Crippen LogP contribution in [0.1, 0.15) is 13.3 Å². The van der Waals surface area contributed by atoms with Gasteiger partial charge in [0.25, 0.3) is 0 Å². The summed E-state index contributed by atoms with van der Waals surface area (Å²) >= 11 is 0. The number of hydrogen-bond donors (Lipinski definition) is 3. The summed E-state index contributed by atoms with van der Waals surface area (Å²) in [6, 6.07) is 0. The van der Waals surface area contributed by atoms with Gasteiger partial charge in [-0.1, -0.05) is 6.92 Å². The molecule has 4 nitrogen and oxygen atoms in total. The van der Waals surface area contributed by atoms with Crippen molar-refractivity contribution in [3.05, 3.63) is 0 Å². The van der Waals surface area contributed by atoms with E-state index in [0.717, 1.165) is 26.1 Å². The Hall–Kier alpha value is -0.610. The number of piperazine rings is 1. The molecule has 0 aromatic heterocycles. The summed E-state index contributed by atoms with van der Waals surface area (Å²) in [4.78, 5) is 1.95. The molecule has 1 aliphatic rings. The Morgan fingerprint density at radius 2 is 2.55 bits per heavy atom. The maximum absolute atomic E-state index is 7.58. The molecule has 4 heteroatoms. The number of nitrogens with two attached hydrogens (primary N) is 1. The van der Waals surface area contributed by atoms with Gasteiger partial charge in [-0.05, 0) is 0 Å². The van der Waals surface area contributed by atoms with E-state index in [4.69, 9.17) is 11.1 Å². The number of nitrogens with one attached hydrogen (secondary N) is 2. The van der Waals surface area contributed by atoms with E-state index in [2.05, 4.69) is 5.32 Å². The van der Waals surface area contributed by atoms with Crippen LogP contribution in [0.25, 0.3) is 0 Å². The van der Waals surface area contributed by atoms with Gasteiger partial charge in [0.1, 0.15) is 0 Å². The molecule has 4 N–H and O–H groups in total. The first kappa shape index (κ1) is 8.49. The zero-order chi connectivity index (χ0) is 8.27. The van der Waals surface area contributed by atoms with Crippen molar-refractivity contribution in [1.29, 1.82) is 5.41 Å². The van der Waals surface area contributed by atoms with E-state index in [1.165, 1.54) is 0 Å². The van der Waals surface area contributed by atoms with Crippen molar-refractivity contribution in [1.82, 2.24) is 10.2 Å². The Labute approximate surface area is 67.3 Å². The van der Waals surface area contributed by atoms with Crippen molar-refractivity contribution < 1.29 is 0 Å². The van der Waals surface area contributed by atoms with E-state index < -0.39 is 0 Å². The van der Waals surface area contributed by atoms with Gasteiger partial charge in [-0.3, -0.25) is 5.41 Å². The lowest BCUT2D eigenvalue weighted by Crippen LogP contribution is -2.57. The molecule has 0 amide bonds. The first-order chi connectivity index (χ1) is 5.25. The molecule has 0 bridgehead atoms. The number of nitrogens with zero attached hydrogens (tertiary/aromatic N) is 1. The van der Waals surface area contributed by atoms with Gasteiger partial charge >= 0.3 is 0 Å². The van der Waals surface area contributed by atoms with Crippen LogP contribution in [-0.4, -0.2) is 36.5 Å². The lowest BCUT2D eigenvalue weighted by Gasteiger charge is -2.35. The van der Waals surface area contributed by atoms with Crippen LogP contribution >= 0.6 is 0 Å². The van der Waals surface area contributed by atoms with Crippen LogP contribution in [-0.2, 0) is 0 Å². The van der Waals surface area contributed by atoms with E-state index in [1.807, 2.05) is 11.8 Å². The Kier molecular flexibility index (Phi) is 2.84. The molecule has 0 aliphatic carbocycles. The fourth-order valence-electron chi connectivity index (χ4n) is 1.26. The second-order valence-corrected chi connectivity index (χ2v) is 2.77. The van der Waals surface area contributed by atoms with Crippen molar-refractivity contribution in [2.75, 3.05) is 19.6 Å². The lowest BCUT2D eigenvalue weighted by atomic mass is 10.2. The van der Waals surface area contributed by atoms with Crippen LogP contribution in [0.5, 0.6) is 0 Å². The van der Waals surface area contributed by atoms with Gasteiger partial charge in [0.15, 0.2) is 0 Å². The zero-order valence-corrected chi connectivity index (χ0v) is 6.93. The van der Waals surface area contributed by atoms with E-state index in [1.54, 1.807) is 0 Å². The van der Waals surface area contributed by atoms with Gasteiger partial charge in [0.05, 0.1) is 12.0 Å². The van der Waals surface area contributed by atoms with E-state index in [0.29, 0.717) is 5.84 Å². The highest BCUT2D eigenvalue weighted by molar-refractivity contribution is 5.79. The number of amidine groups is 1. The zero-order valence-electron chi connectivity index (χ0n) is 6.93. The average Bonchev–Trinajstić information content (AvgIpc) is 2.04. The van der Waals surface area contributed by atoms with Gasteiger partial charge in [-0.25, -0.2) is 0 Å². The molecule has 1 heterocycles. The summed E-state index contributed by atoms with van der Waals surface area (Å²) in [5.41, 5.74) is 5.78. The predicted octanol–water partition coefficient (Wildman–Crippen LogP) is -0.436. The van der Waals surface area contributed by atoms with E-state index in [9.17, 15) is 0 Å². The average molecular weight is 156 g/mol. The summed E-state index contributed by atoms with van der Waals surface area (Å²) < 4.78 is 0. The Morgan fingerprint density at radius 1 is 1.82 bits per heavy atom. The third-order valence-corrected chi connectivity index (χ3v) is 1.96. The smallest absolute Gasteiger partial charge is 0.0968 e. The maximum Gasteiger partial charge on any atom is 0.0968 e. The third kappa shape index (κ3) is 1.91. The molecule has 1 rings (SSSR count). The molecular weight excluding hydrogens is 140 g/mol. The number of hydrogen-bond acceptors (Lipinski definition) is 3. The molecular formula is C7H16N4. The van der Waals surface area contributed by atoms with Gasteiger partial charge in [0.2, 0.25) is 0 Å². The predicted molar refractivity (Wildman–Crippen MR) is 45.6 cm³/mol. The van der Waals surface area contributed by atoms with Crippen molar-refractivity contribution in [2.24, 2.45) is 5.73 Å². The molecule has 0 spiro atoms. The minimum absolute atomic E-state index is 0.00352. The third-order valence-electron chi connectivity index (χ3n) is 1.96.